The molecule has 0 radical (unpaired) electrons. The average Bonchev–Trinajstić information content (AvgIpc) is 3.00. The zero-order valence-electron chi connectivity index (χ0n) is 11.4. The van der Waals surface area contributed by atoms with Crippen molar-refractivity contribution in [2.75, 3.05) is 0 Å². The summed E-state index contributed by atoms with van der Waals surface area (Å²) in [6.07, 6.45) is 1.33. The topological polar surface area (TPSA) is 92.4 Å². The fraction of sp³-hybridized carbons (Fsp3) is 0.0625. The maximum atomic E-state index is 12.1. The van der Waals surface area contributed by atoms with Crippen molar-refractivity contribution in [1.29, 1.82) is 0 Å². The number of fused-ring (bicyclic) bond motifs is 1. The van der Waals surface area contributed by atoms with Gasteiger partial charge in [-0.05, 0) is 35.9 Å². The van der Waals surface area contributed by atoms with E-state index in [0.717, 1.165) is 5.56 Å². The van der Waals surface area contributed by atoms with Crippen molar-refractivity contribution in [1.82, 2.24) is 10.3 Å². The van der Waals surface area contributed by atoms with Crippen LogP contribution in [0.25, 0.3) is 11.1 Å². The van der Waals surface area contributed by atoms with Crippen molar-refractivity contribution in [2.45, 2.75) is 6.54 Å². The first kappa shape index (κ1) is 13.8. The van der Waals surface area contributed by atoms with E-state index in [1.165, 1.54) is 18.5 Å². The SMILES string of the molecule is O=C(O)c1ccc(CNC(=O)c2ccc3ocnc3c2)cc1. The van der Waals surface area contributed by atoms with Crippen molar-refractivity contribution in [3.8, 4) is 0 Å². The van der Waals surface area contributed by atoms with Gasteiger partial charge in [0.05, 0.1) is 5.56 Å². The van der Waals surface area contributed by atoms with E-state index in [2.05, 4.69) is 10.3 Å². The highest BCUT2D eigenvalue weighted by atomic mass is 16.4. The fourth-order valence-corrected chi connectivity index (χ4v) is 2.05. The van der Waals surface area contributed by atoms with Gasteiger partial charge in [0.15, 0.2) is 12.0 Å². The lowest BCUT2D eigenvalue weighted by atomic mass is 10.1. The summed E-state index contributed by atoms with van der Waals surface area (Å²) in [4.78, 5) is 26.9. The van der Waals surface area contributed by atoms with E-state index in [1.54, 1.807) is 30.3 Å². The first-order chi connectivity index (χ1) is 10.6. The van der Waals surface area contributed by atoms with Crippen molar-refractivity contribution in [3.63, 3.8) is 0 Å². The van der Waals surface area contributed by atoms with Gasteiger partial charge in [-0.25, -0.2) is 9.78 Å². The third kappa shape index (κ3) is 2.80. The van der Waals surface area contributed by atoms with Gasteiger partial charge in [-0.15, -0.1) is 0 Å². The summed E-state index contributed by atoms with van der Waals surface area (Å²) in [6, 6.07) is 11.4. The first-order valence-electron chi connectivity index (χ1n) is 6.57. The molecule has 1 aromatic heterocycles. The van der Waals surface area contributed by atoms with E-state index in [4.69, 9.17) is 9.52 Å². The number of oxazole rings is 1. The Labute approximate surface area is 125 Å². The predicted octanol–water partition coefficient (Wildman–Crippen LogP) is 2.46. The molecule has 0 unspecified atom stereocenters. The lowest BCUT2D eigenvalue weighted by molar-refractivity contribution is 0.0696. The van der Waals surface area contributed by atoms with E-state index < -0.39 is 5.97 Å². The highest BCUT2D eigenvalue weighted by molar-refractivity contribution is 5.97. The highest BCUT2D eigenvalue weighted by Gasteiger charge is 2.08. The lowest BCUT2D eigenvalue weighted by Crippen LogP contribution is -2.22. The Balaban J connectivity index is 1.67. The van der Waals surface area contributed by atoms with Crippen molar-refractivity contribution < 1.29 is 19.1 Å². The maximum absolute atomic E-state index is 12.1. The monoisotopic (exact) mass is 296 g/mol. The molecule has 2 aromatic carbocycles. The summed E-state index contributed by atoms with van der Waals surface area (Å²) in [5.74, 6) is -1.20. The molecule has 0 saturated carbocycles. The Morgan fingerprint density at radius 2 is 1.82 bits per heavy atom. The molecule has 0 saturated heterocycles. The standard InChI is InChI=1S/C16H12N2O4/c19-15(12-5-6-14-13(7-12)18-9-22-14)17-8-10-1-3-11(4-2-10)16(20)21/h1-7,9H,8H2,(H,17,19)(H,20,21). The number of hydrogen-bond acceptors (Lipinski definition) is 4. The molecule has 110 valence electrons. The van der Waals surface area contributed by atoms with Crippen LogP contribution in [0.4, 0.5) is 0 Å². The number of aromatic carboxylic acids is 1. The number of hydrogen-bond donors (Lipinski definition) is 2. The molecule has 0 aliphatic carbocycles. The van der Waals surface area contributed by atoms with Crippen LogP contribution in [0.1, 0.15) is 26.3 Å². The molecule has 6 nitrogen and oxygen atoms in total. The van der Waals surface area contributed by atoms with Crippen LogP contribution in [0, 0.1) is 0 Å². The maximum Gasteiger partial charge on any atom is 0.335 e. The van der Waals surface area contributed by atoms with Crippen LogP contribution < -0.4 is 5.32 Å². The number of benzene rings is 2. The minimum Gasteiger partial charge on any atom is -0.478 e. The molecule has 0 aliphatic rings. The Morgan fingerprint density at radius 3 is 2.55 bits per heavy atom. The minimum absolute atomic E-state index is 0.214. The number of carbonyl (C=O) groups is 2. The quantitative estimate of drug-likeness (QED) is 0.771. The van der Waals surface area contributed by atoms with Gasteiger partial charge in [0.1, 0.15) is 5.52 Å². The molecule has 2 N–H and O–H groups in total. The molecule has 1 heterocycles. The summed E-state index contributed by atoms with van der Waals surface area (Å²) >= 11 is 0. The second-order valence-electron chi connectivity index (χ2n) is 4.72. The molecule has 3 rings (SSSR count). The van der Waals surface area contributed by atoms with Crippen LogP contribution in [0.5, 0.6) is 0 Å². The van der Waals surface area contributed by atoms with Gasteiger partial charge in [-0.1, -0.05) is 12.1 Å². The molecule has 6 heteroatoms. The van der Waals surface area contributed by atoms with Gasteiger partial charge < -0.3 is 14.8 Å². The highest BCUT2D eigenvalue weighted by Crippen LogP contribution is 2.14. The molecular weight excluding hydrogens is 284 g/mol. The van der Waals surface area contributed by atoms with Crippen molar-refractivity contribution in [3.05, 3.63) is 65.5 Å². The molecule has 0 spiro atoms. The van der Waals surface area contributed by atoms with Gasteiger partial charge in [-0.3, -0.25) is 4.79 Å². The third-order valence-electron chi connectivity index (χ3n) is 3.25. The Morgan fingerprint density at radius 1 is 1.09 bits per heavy atom. The number of carboxylic acid groups (broad SMARTS) is 1. The first-order valence-corrected chi connectivity index (χ1v) is 6.57. The number of carboxylic acids is 1. The summed E-state index contributed by atoms with van der Waals surface area (Å²) in [7, 11) is 0. The summed E-state index contributed by atoms with van der Waals surface area (Å²) in [6.45, 7) is 0.315. The van der Waals surface area contributed by atoms with Crippen LogP contribution >= 0.6 is 0 Å². The molecule has 1 amide bonds. The van der Waals surface area contributed by atoms with Gasteiger partial charge >= 0.3 is 5.97 Å². The summed E-state index contributed by atoms with van der Waals surface area (Å²) in [5, 5.41) is 11.6. The molecule has 0 atom stereocenters. The van der Waals surface area contributed by atoms with Crippen molar-refractivity contribution >= 4 is 23.0 Å². The zero-order chi connectivity index (χ0) is 15.5. The van der Waals surface area contributed by atoms with Gasteiger partial charge in [0.2, 0.25) is 0 Å². The Hall–Kier alpha value is -3.15. The molecule has 0 fully saturated rings. The third-order valence-corrected chi connectivity index (χ3v) is 3.25. The number of amides is 1. The summed E-state index contributed by atoms with van der Waals surface area (Å²) < 4.78 is 5.12. The molecule has 22 heavy (non-hydrogen) atoms. The lowest BCUT2D eigenvalue weighted by Gasteiger charge is -2.06. The number of nitrogens with zero attached hydrogens (tertiary/aromatic N) is 1. The van der Waals surface area contributed by atoms with Crippen LogP contribution in [-0.2, 0) is 6.54 Å². The minimum atomic E-state index is -0.975. The molecule has 3 aromatic rings. The molecular formula is C16H12N2O4. The fourth-order valence-electron chi connectivity index (χ4n) is 2.05. The van der Waals surface area contributed by atoms with Crippen LogP contribution in [-0.4, -0.2) is 22.0 Å². The van der Waals surface area contributed by atoms with Gasteiger partial charge in [-0.2, -0.15) is 0 Å². The van der Waals surface area contributed by atoms with E-state index in [0.29, 0.717) is 23.2 Å². The average molecular weight is 296 g/mol. The second kappa shape index (κ2) is 5.69. The predicted molar refractivity (Wildman–Crippen MR) is 78.6 cm³/mol. The molecule has 0 aliphatic heterocycles. The Kier molecular flexibility index (Phi) is 3.57. The van der Waals surface area contributed by atoms with E-state index in [9.17, 15) is 9.59 Å². The van der Waals surface area contributed by atoms with Gasteiger partial charge in [0.25, 0.3) is 5.91 Å². The largest absolute Gasteiger partial charge is 0.478 e. The van der Waals surface area contributed by atoms with Crippen LogP contribution in [0.15, 0.2) is 53.3 Å². The van der Waals surface area contributed by atoms with Crippen LogP contribution in [0.3, 0.4) is 0 Å². The number of aromatic nitrogens is 1. The second-order valence-corrected chi connectivity index (χ2v) is 4.72. The zero-order valence-corrected chi connectivity index (χ0v) is 11.4. The summed E-state index contributed by atoms with van der Waals surface area (Å²) in [5.41, 5.74) is 2.77. The number of nitrogens with one attached hydrogen (secondary N) is 1. The van der Waals surface area contributed by atoms with Crippen LogP contribution in [0.2, 0.25) is 0 Å². The van der Waals surface area contributed by atoms with Gasteiger partial charge in [0, 0.05) is 12.1 Å². The number of carbonyl (C=O) groups excluding carboxylic acids is 1. The van der Waals surface area contributed by atoms with E-state index in [-0.39, 0.29) is 11.5 Å². The van der Waals surface area contributed by atoms with E-state index >= 15 is 0 Å². The van der Waals surface area contributed by atoms with E-state index in [1.807, 2.05) is 0 Å². The van der Waals surface area contributed by atoms with Crippen molar-refractivity contribution in [2.24, 2.45) is 0 Å². The smallest absolute Gasteiger partial charge is 0.335 e. The Bertz CT molecular complexity index is 837. The normalized spacial score (nSPS) is 10.5. The molecule has 0 bridgehead atoms. The number of rotatable bonds is 4.